The van der Waals surface area contributed by atoms with Gasteiger partial charge < -0.3 is 5.32 Å². The summed E-state index contributed by atoms with van der Waals surface area (Å²) in [6, 6.07) is 25.8. The summed E-state index contributed by atoms with van der Waals surface area (Å²) < 4.78 is 0. The molecule has 4 heteroatoms. The predicted octanol–water partition coefficient (Wildman–Crippen LogP) is 5.26. The van der Waals surface area contributed by atoms with Crippen LogP contribution in [-0.4, -0.2) is 10.9 Å². The second kappa shape index (κ2) is 8.63. The molecule has 1 amide bonds. The number of hydrogen-bond acceptors (Lipinski definition) is 3. The zero-order chi connectivity index (χ0) is 19.2. The van der Waals surface area contributed by atoms with Gasteiger partial charge in [0.2, 0.25) is 5.91 Å². The average molecular weight is 385 g/mol. The summed E-state index contributed by atoms with van der Waals surface area (Å²) in [5.74, 6) is -0.360. The van der Waals surface area contributed by atoms with Gasteiger partial charge in [0, 0.05) is 23.7 Å². The van der Waals surface area contributed by atoms with Crippen molar-refractivity contribution in [3.63, 3.8) is 0 Å². The van der Waals surface area contributed by atoms with Gasteiger partial charge in [0.15, 0.2) is 0 Å². The van der Waals surface area contributed by atoms with Gasteiger partial charge in [0.25, 0.3) is 0 Å². The zero-order valence-corrected chi connectivity index (χ0v) is 16.1. The first-order chi connectivity index (χ1) is 13.8. The lowest BCUT2D eigenvalue weighted by Crippen LogP contribution is -2.29. The number of nitrogens with one attached hydrogen (secondary N) is 1. The molecule has 3 nitrogen and oxygen atoms in total. The highest BCUT2D eigenvalue weighted by molar-refractivity contribution is 7.08. The fraction of sp³-hybridized carbons (Fsp3) is 0.0833. The smallest absolute Gasteiger partial charge is 0.232 e. The Kier molecular flexibility index (Phi) is 5.59. The van der Waals surface area contributed by atoms with Crippen LogP contribution in [0.25, 0.3) is 11.3 Å². The van der Waals surface area contributed by atoms with Crippen molar-refractivity contribution in [2.24, 2.45) is 0 Å². The second-order valence-corrected chi connectivity index (χ2v) is 7.28. The molecule has 0 aliphatic rings. The summed E-state index contributed by atoms with van der Waals surface area (Å²) in [4.78, 5) is 17.7. The first-order valence-electron chi connectivity index (χ1n) is 9.17. The van der Waals surface area contributed by atoms with Crippen molar-refractivity contribution in [3.05, 3.63) is 113 Å². The Labute approximate surface area is 168 Å². The van der Waals surface area contributed by atoms with Crippen molar-refractivity contribution in [1.82, 2.24) is 10.3 Å². The number of nitrogens with zero attached hydrogens (tertiary/aromatic N) is 1. The van der Waals surface area contributed by atoms with E-state index in [0.29, 0.717) is 6.54 Å². The number of pyridine rings is 1. The Hall–Kier alpha value is -3.24. The molecule has 0 spiro atoms. The van der Waals surface area contributed by atoms with Crippen LogP contribution >= 0.6 is 11.3 Å². The number of carbonyl (C=O) groups excluding carboxylic acids is 1. The molecule has 0 atom stereocenters. The highest BCUT2D eigenvalue weighted by Gasteiger charge is 2.22. The minimum absolute atomic E-state index is 0.0162. The van der Waals surface area contributed by atoms with E-state index in [2.05, 4.69) is 21.7 Å². The summed E-state index contributed by atoms with van der Waals surface area (Å²) in [5.41, 5.74) is 4.97. The van der Waals surface area contributed by atoms with Crippen molar-refractivity contribution >= 4 is 17.2 Å². The maximum atomic E-state index is 13.2. The van der Waals surface area contributed by atoms with Crippen LogP contribution in [0, 0.1) is 0 Å². The molecule has 0 radical (unpaired) electrons. The molecule has 0 unspecified atom stereocenters. The van der Waals surface area contributed by atoms with Gasteiger partial charge in [-0.1, -0.05) is 66.7 Å². The topological polar surface area (TPSA) is 42.0 Å². The lowest BCUT2D eigenvalue weighted by molar-refractivity contribution is -0.121. The zero-order valence-electron chi connectivity index (χ0n) is 15.3. The number of benzene rings is 2. The van der Waals surface area contributed by atoms with Crippen molar-refractivity contribution in [2.45, 2.75) is 12.5 Å². The molecule has 0 saturated carbocycles. The molecule has 138 valence electrons. The molecule has 4 rings (SSSR count). The van der Waals surface area contributed by atoms with Crippen LogP contribution in [0.2, 0.25) is 0 Å². The molecule has 0 saturated heterocycles. The molecule has 2 aromatic heterocycles. The molecule has 1 N–H and O–H groups in total. The fourth-order valence-corrected chi connectivity index (χ4v) is 3.95. The van der Waals surface area contributed by atoms with Gasteiger partial charge in [0.1, 0.15) is 0 Å². The van der Waals surface area contributed by atoms with E-state index in [1.165, 1.54) is 0 Å². The Balaban J connectivity index is 1.58. The highest BCUT2D eigenvalue weighted by Crippen LogP contribution is 2.26. The number of amides is 1. The van der Waals surface area contributed by atoms with E-state index in [4.69, 9.17) is 0 Å². The van der Waals surface area contributed by atoms with E-state index in [1.807, 2.05) is 78.2 Å². The molecule has 0 aliphatic heterocycles. The molecule has 4 aromatic rings. The van der Waals surface area contributed by atoms with E-state index >= 15 is 0 Å². The monoisotopic (exact) mass is 384 g/mol. The van der Waals surface area contributed by atoms with E-state index in [9.17, 15) is 4.79 Å². The van der Waals surface area contributed by atoms with Gasteiger partial charge in [-0.2, -0.15) is 11.3 Å². The van der Waals surface area contributed by atoms with E-state index in [0.717, 1.165) is 27.9 Å². The molecule has 28 heavy (non-hydrogen) atoms. The van der Waals surface area contributed by atoms with Crippen LogP contribution in [0.3, 0.4) is 0 Å². The third kappa shape index (κ3) is 4.02. The fourth-order valence-electron chi connectivity index (χ4n) is 3.31. The molecule has 0 bridgehead atoms. The highest BCUT2D eigenvalue weighted by atomic mass is 32.1. The molecule has 0 fully saturated rings. The van der Waals surface area contributed by atoms with Gasteiger partial charge >= 0.3 is 0 Å². The SMILES string of the molecule is O=C(NCc1cccnc1-c1ccsc1)C(c1ccccc1)c1ccccc1. The minimum Gasteiger partial charge on any atom is -0.351 e. The summed E-state index contributed by atoms with van der Waals surface area (Å²) in [6.07, 6.45) is 1.79. The third-order valence-electron chi connectivity index (χ3n) is 4.67. The maximum Gasteiger partial charge on any atom is 0.232 e. The summed E-state index contributed by atoms with van der Waals surface area (Å²) >= 11 is 1.64. The van der Waals surface area contributed by atoms with Gasteiger partial charge in [-0.3, -0.25) is 9.78 Å². The largest absolute Gasteiger partial charge is 0.351 e. The minimum atomic E-state index is -0.344. The number of thiophene rings is 1. The van der Waals surface area contributed by atoms with Crippen LogP contribution in [0.1, 0.15) is 22.6 Å². The predicted molar refractivity (Wildman–Crippen MR) is 114 cm³/mol. The quantitative estimate of drug-likeness (QED) is 0.493. The molecular formula is C24H20N2OS. The van der Waals surface area contributed by atoms with Crippen molar-refractivity contribution in [1.29, 1.82) is 0 Å². The Bertz CT molecular complexity index is 991. The Morgan fingerprint density at radius 3 is 2.18 bits per heavy atom. The lowest BCUT2D eigenvalue weighted by Gasteiger charge is -2.18. The van der Waals surface area contributed by atoms with Crippen molar-refractivity contribution in [2.75, 3.05) is 0 Å². The van der Waals surface area contributed by atoms with Gasteiger partial charge in [-0.15, -0.1) is 0 Å². The van der Waals surface area contributed by atoms with Gasteiger partial charge in [0.05, 0.1) is 11.6 Å². The number of hydrogen-bond donors (Lipinski definition) is 1. The first-order valence-corrected chi connectivity index (χ1v) is 10.1. The second-order valence-electron chi connectivity index (χ2n) is 6.50. The summed E-state index contributed by atoms with van der Waals surface area (Å²) in [7, 11) is 0. The van der Waals surface area contributed by atoms with Crippen molar-refractivity contribution in [3.8, 4) is 11.3 Å². The van der Waals surface area contributed by atoms with E-state index in [-0.39, 0.29) is 11.8 Å². The van der Waals surface area contributed by atoms with Gasteiger partial charge in [-0.25, -0.2) is 0 Å². The molecule has 2 heterocycles. The summed E-state index contributed by atoms with van der Waals surface area (Å²) in [5, 5.41) is 7.23. The third-order valence-corrected chi connectivity index (χ3v) is 5.35. The Morgan fingerprint density at radius 1 is 0.893 bits per heavy atom. The van der Waals surface area contributed by atoms with Crippen molar-refractivity contribution < 1.29 is 4.79 Å². The number of aromatic nitrogens is 1. The normalized spacial score (nSPS) is 10.8. The number of rotatable bonds is 6. The molecule has 2 aromatic carbocycles. The maximum absolute atomic E-state index is 13.2. The van der Waals surface area contributed by atoms with Crippen LogP contribution in [0.5, 0.6) is 0 Å². The first kappa shape index (κ1) is 18.1. The lowest BCUT2D eigenvalue weighted by atomic mass is 9.90. The number of carbonyl (C=O) groups is 1. The molecular weight excluding hydrogens is 364 g/mol. The average Bonchev–Trinajstić information content (AvgIpc) is 3.29. The van der Waals surface area contributed by atoms with Gasteiger partial charge in [-0.05, 0) is 34.2 Å². The van der Waals surface area contributed by atoms with E-state index in [1.54, 1.807) is 17.5 Å². The molecule has 0 aliphatic carbocycles. The standard InChI is InChI=1S/C24H20N2OS/c27-24(22(18-8-3-1-4-9-18)19-10-5-2-6-11-19)26-16-20-12-7-14-25-23(20)21-13-15-28-17-21/h1-15,17,22H,16H2,(H,26,27). The van der Waals surface area contributed by atoms with Crippen LogP contribution in [0.15, 0.2) is 95.8 Å². The van der Waals surface area contributed by atoms with Crippen LogP contribution in [0.4, 0.5) is 0 Å². The summed E-state index contributed by atoms with van der Waals surface area (Å²) in [6.45, 7) is 0.439. The van der Waals surface area contributed by atoms with Crippen LogP contribution < -0.4 is 5.32 Å². The van der Waals surface area contributed by atoms with Crippen LogP contribution in [-0.2, 0) is 11.3 Å². The Morgan fingerprint density at radius 2 is 1.57 bits per heavy atom. The van der Waals surface area contributed by atoms with E-state index < -0.39 is 0 Å².